The standard InChI is InChI=1S/C25H21N3O3S2/c26-21(29)15-32-20-14-8-7-13-19(20)27-22(30)16-33-25-28-23(17-9-3-1-4-10-17)24(31-25)18-11-5-2-6-12-18/h1-14H,15-16H2,(H2,26,29)(H,27,30). The van der Waals surface area contributed by atoms with Gasteiger partial charge in [0.1, 0.15) is 5.69 Å². The zero-order valence-corrected chi connectivity index (χ0v) is 19.2. The van der Waals surface area contributed by atoms with E-state index in [0.717, 1.165) is 21.7 Å². The van der Waals surface area contributed by atoms with Crippen LogP contribution in [0.2, 0.25) is 0 Å². The molecule has 0 unspecified atom stereocenters. The van der Waals surface area contributed by atoms with Gasteiger partial charge in [0.25, 0.3) is 5.22 Å². The van der Waals surface area contributed by atoms with Crippen LogP contribution in [0.3, 0.4) is 0 Å². The number of anilines is 1. The summed E-state index contributed by atoms with van der Waals surface area (Å²) < 4.78 is 6.06. The predicted molar refractivity (Wildman–Crippen MR) is 133 cm³/mol. The molecular weight excluding hydrogens is 454 g/mol. The maximum absolute atomic E-state index is 12.6. The maximum atomic E-state index is 12.6. The Morgan fingerprint density at radius 3 is 2.15 bits per heavy atom. The summed E-state index contributed by atoms with van der Waals surface area (Å²) in [5.41, 5.74) is 8.46. The van der Waals surface area contributed by atoms with Gasteiger partial charge >= 0.3 is 0 Å². The van der Waals surface area contributed by atoms with E-state index < -0.39 is 5.91 Å². The van der Waals surface area contributed by atoms with Gasteiger partial charge in [-0.15, -0.1) is 11.8 Å². The Balaban J connectivity index is 1.49. The number of carbonyl (C=O) groups is 2. The van der Waals surface area contributed by atoms with E-state index in [4.69, 9.17) is 10.2 Å². The van der Waals surface area contributed by atoms with Crippen molar-refractivity contribution < 1.29 is 14.0 Å². The second-order valence-corrected chi connectivity index (χ2v) is 8.92. The van der Waals surface area contributed by atoms with Crippen molar-refractivity contribution in [3.05, 3.63) is 84.9 Å². The summed E-state index contributed by atoms with van der Waals surface area (Å²) in [7, 11) is 0. The van der Waals surface area contributed by atoms with E-state index in [0.29, 0.717) is 16.7 Å². The number of amides is 2. The Hall–Kier alpha value is -3.49. The number of thioether (sulfide) groups is 2. The molecule has 0 aliphatic carbocycles. The van der Waals surface area contributed by atoms with Crippen molar-refractivity contribution in [1.82, 2.24) is 4.98 Å². The van der Waals surface area contributed by atoms with Crippen LogP contribution in [0.15, 0.2) is 99.5 Å². The van der Waals surface area contributed by atoms with Crippen LogP contribution in [0.25, 0.3) is 22.6 Å². The second-order valence-electron chi connectivity index (χ2n) is 6.98. The Bertz CT molecular complexity index is 1190. The zero-order chi connectivity index (χ0) is 23.0. The fraction of sp³-hybridized carbons (Fsp3) is 0.0800. The van der Waals surface area contributed by atoms with E-state index >= 15 is 0 Å². The van der Waals surface area contributed by atoms with Crippen molar-refractivity contribution in [2.45, 2.75) is 10.1 Å². The lowest BCUT2D eigenvalue weighted by atomic mass is 10.1. The summed E-state index contributed by atoms with van der Waals surface area (Å²) in [6.07, 6.45) is 0. The van der Waals surface area contributed by atoms with Crippen LogP contribution in [0.5, 0.6) is 0 Å². The van der Waals surface area contributed by atoms with Crippen LogP contribution < -0.4 is 11.1 Å². The number of benzene rings is 3. The highest BCUT2D eigenvalue weighted by atomic mass is 32.2. The third-order valence-electron chi connectivity index (χ3n) is 4.55. The average Bonchev–Trinajstić information content (AvgIpc) is 3.28. The molecule has 2 amide bonds. The van der Waals surface area contributed by atoms with Gasteiger partial charge in [0, 0.05) is 16.0 Å². The summed E-state index contributed by atoms with van der Waals surface area (Å²) >= 11 is 2.51. The first-order valence-corrected chi connectivity index (χ1v) is 12.1. The van der Waals surface area contributed by atoms with E-state index in [-0.39, 0.29) is 17.4 Å². The first-order valence-electron chi connectivity index (χ1n) is 10.1. The smallest absolute Gasteiger partial charge is 0.257 e. The number of nitrogens with two attached hydrogens (primary N) is 1. The minimum Gasteiger partial charge on any atom is -0.431 e. The molecule has 3 aromatic carbocycles. The van der Waals surface area contributed by atoms with E-state index in [2.05, 4.69) is 10.3 Å². The van der Waals surface area contributed by atoms with Gasteiger partial charge in [-0.3, -0.25) is 9.59 Å². The molecule has 0 fully saturated rings. The molecule has 1 heterocycles. The number of aromatic nitrogens is 1. The highest BCUT2D eigenvalue weighted by molar-refractivity contribution is 8.00. The van der Waals surface area contributed by atoms with Crippen LogP contribution in [0.1, 0.15) is 0 Å². The van der Waals surface area contributed by atoms with Crippen molar-refractivity contribution in [2.24, 2.45) is 5.73 Å². The van der Waals surface area contributed by atoms with Gasteiger partial charge in [-0.25, -0.2) is 4.98 Å². The third kappa shape index (κ3) is 6.06. The van der Waals surface area contributed by atoms with Crippen LogP contribution in [0, 0.1) is 0 Å². The Labute approximate surface area is 200 Å². The highest BCUT2D eigenvalue weighted by Crippen LogP contribution is 2.35. The number of nitrogens with one attached hydrogen (secondary N) is 1. The minimum absolute atomic E-state index is 0.123. The van der Waals surface area contributed by atoms with E-state index in [1.165, 1.54) is 23.5 Å². The largest absolute Gasteiger partial charge is 0.431 e. The number of nitrogens with zero attached hydrogens (tertiary/aromatic N) is 1. The Morgan fingerprint density at radius 2 is 1.45 bits per heavy atom. The molecular formula is C25H21N3O3S2. The number of rotatable bonds is 9. The number of carbonyl (C=O) groups excluding carboxylic acids is 2. The third-order valence-corrected chi connectivity index (χ3v) is 6.47. The molecule has 3 N–H and O–H groups in total. The van der Waals surface area contributed by atoms with E-state index in [1.54, 1.807) is 6.07 Å². The lowest BCUT2D eigenvalue weighted by molar-refractivity contribution is -0.115. The molecule has 0 spiro atoms. The molecule has 0 saturated carbocycles. The second kappa shape index (κ2) is 10.9. The summed E-state index contributed by atoms with van der Waals surface area (Å²) in [6, 6.07) is 26.9. The Kier molecular flexibility index (Phi) is 7.49. The van der Waals surface area contributed by atoms with Gasteiger partial charge < -0.3 is 15.5 Å². The summed E-state index contributed by atoms with van der Waals surface area (Å²) in [6.45, 7) is 0. The number of oxazole rings is 1. The van der Waals surface area contributed by atoms with Crippen LogP contribution in [-0.4, -0.2) is 28.3 Å². The maximum Gasteiger partial charge on any atom is 0.257 e. The van der Waals surface area contributed by atoms with Gasteiger partial charge in [0.15, 0.2) is 5.76 Å². The Morgan fingerprint density at radius 1 is 0.818 bits per heavy atom. The monoisotopic (exact) mass is 475 g/mol. The van der Waals surface area contributed by atoms with Crippen LogP contribution in [0.4, 0.5) is 5.69 Å². The van der Waals surface area contributed by atoms with Gasteiger partial charge in [0.05, 0.1) is 17.2 Å². The molecule has 0 atom stereocenters. The van der Waals surface area contributed by atoms with Crippen molar-refractivity contribution in [3.8, 4) is 22.6 Å². The van der Waals surface area contributed by atoms with Crippen molar-refractivity contribution in [1.29, 1.82) is 0 Å². The van der Waals surface area contributed by atoms with Crippen molar-refractivity contribution in [3.63, 3.8) is 0 Å². The fourth-order valence-electron chi connectivity index (χ4n) is 3.10. The molecule has 4 aromatic rings. The SMILES string of the molecule is NC(=O)CSc1ccccc1NC(=O)CSc1nc(-c2ccccc2)c(-c2ccccc2)o1. The normalized spacial score (nSPS) is 10.7. The number of hydrogen-bond acceptors (Lipinski definition) is 6. The number of primary amides is 1. The van der Waals surface area contributed by atoms with Crippen molar-refractivity contribution >= 4 is 41.0 Å². The average molecular weight is 476 g/mol. The molecule has 4 rings (SSSR count). The highest BCUT2D eigenvalue weighted by Gasteiger charge is 2.18. The summed E-state index contributed by atoms with van der Waals surface area (Å²) in [4.78, 5) is 29.1. The first kappa shape index (κ1) is 22.7. The minimum atomic E-state index is -0.413. The molecule has 6 nitrogen and oxygen atoms in total. The van der Waals surface area contributed by atoms with E-state index in [9.17, 15) is 9.59 Å². The topological polar surface area (TPSA) is 98.2 Å². The molecule has 8 heteroatoms. The molecule has 166 valence electrons. The fourth-order valence-corrected chi connectivity index (χ4v) is 4.47. The van der Waals surface area contributed by atoms with Gasteiger partial charge in [-0.1, -0.05) is 84.6 Å². The predicted octanol–water partition coefficient (Wildman–Crippen LogP) is 5.32. The number of hydrogen-bond donors (Lipinski definition) is 2. The van der Waals surface area contributed by atoms with Crippen molar-refractivity contribution in [2.75, 3.05) is 16.8 Å². The molecule has 0 aliphatic rings. The molecule has 0 bridgehead atoms. The molecule has 33 heavy (non-hydrogen) atoms. The first-order chi connectivity index (χ1) is 16.1. The van der Waals surface area contributed by atoms with Crippen LogP contribution >= 0.6 is 23.5 Å². The zero-order valence-electron chi connectivity index (χ0n) is 17.6. The van der Waals surface area contributed by atoms with Gasteiger partial charge in [0.2, 0.25) is 11.8 Å². The molecule has 1 aromatic heterocycles. The lowest BCUT2D eigenvalue weighted by Crippen LogP contribution is -2.16. The quantitative estimate of drug-likeness (QED) is 0.318. The lowest BCUT2D eigenvalue weighted by Gasteiger charge is -2.09. The van der Waals surface area contributed by atoms with E-state index in [1.807, 2.05) is 78.9 Å². The molecule has 0 aliphatic heterocycles. The summed E-state index contributed by atoms with van der Waals surface area (Å²) in [5, 5.41) is 3.30. The number of para-hydroxylation sites is 1. The summed E-state index contributed by atoms with van der Waals surface area (Å²) in [5.74, 6) is 0.315. The molecule has 0 radical (unpaired) electrons. The van der Waals surface area contributed by atoms with Gasteiger partial charge in [-0.05, 0) is 12.1 Å². The van der Waals surface area contributed by atoms with Gasteiger partial charge in [-0.2, -0.15) is 0 Å². The van der Waals surface area contributed by atoms with Crippen LogP contribution in [-0.2, 0) is 9.59 Å². The molecule has 0 saturated heterocycles.